The highest BCUT2D eigenvalue weighted by molar-refractivity contribution is 6.06. The molecule has 0 bridgehead atoms. The van der Waals surface area contributed by atoms with Crippen molar-refractivity contribution < 1.29 is 23.5 Å². The van der Waals surface area contributed by atoms with Crippen molar-refractivity contribution in [3.8, 4) is 0 Å². The fraction of sp³-hybridized carbons (Fsp3) is 0.276. The molecule has 0 aliphatic heterocycles. The number of fused-ring (bicyclic) bond motifs is 1. The van der Waals surface area contributed by atoms with Crippen LogP contribution in [0.5, 0.6) is 0 Å². The van der Waals surface area contributed by atoms with E-state index in [-0.39, 0.29) is 31.4 Å². The van der Waals surface area contributed by atoms with E-state index in [9.17, 15) is 14.4 Å². The second kappa shape index (κ2) is 10.6. The molecule has 2 heterocycles. The fourth-order valence-electron chi connectivity index (χ4n) is 4.71. The van der Waals surface area contributed by atoms with Gasteiger partial charge in [0.15, 0.2) is 5.78 Å². The Kier molecular flexibility index (Phi) is 7.38. The molecule has 0 N–H and O–H groups in total. The number of ketones is 1. The number of nitrogens with zero attached hydrogens (tertiary/aromatic N) is 2. The molecule has 186 valence electrons. The highest BCUT2D eigenvalue weighted by Gasteiger charge is 2.29. The third-order valence-corrected chi connectivity index (χ3v) is 6.38. The number of Topliss-reactive ketones (excluding diaryl/α,β-unsaturated/α-hetero) is 1. The molecule has 0 atom stereocenters. The van der Waals surface area contributed by atoms with Crippen LogP contribution in [0, 0.1) is 13.8 Å². The zero-order valence-corrected chi connectivity index (χ0v) is 21.0. The molecule has 7 heteroatoms. The van der Waals surface area contributed by atoms with Crippen molar-refractivity contribution in [2.45, 2.75) is 40.8 Å². The number of hydrogen-bond acceptors (Lipinski definition) is 5. The van der Waals surface area contributed by atoms with Crippen LogP contribution in [-0.2, 0) is 17.8 Å². The van der Waals surface area contributed by atoms with E-state index < -0.39 is 5.97 Å². The lowest BCUT2D eigenvalue weighted by Gasteiger charge is -2.21. The third-order valence-electron chi connectivity index (χ3n) is 6.38. The van der Waals surface area contributed by atoms with E-state index in [1.54, 1.807) is 36.6 Å². The van der Waals surface area contributed by atoms with Crippen LogP contribution in [0.15, 0.2) is 65.3 Å². The highest BCUT2D eigenvalue weighted by Crippen LogP contribution is 2.25. The first-order chi connectivity index (χ1) is 17.3. The Bertz CT molecular complexity index is 1420. The number of esters is 1. The van der Waals surface area contributed by atoms with Crippen molar-refractivity contribution in [1.29, 1.82) is 0 Å². The van der Waals surface area contributed by atoms with Crippen molar-refractivity contribution in [3.05, 3.63) is 94.7 Å². The summed E-state index contributed by atoms with van der Waals surface area (Å²) in [6.07, 6.45) is 1.54. The summed E-state index contributed by atoms with van der Waals surface area (Å²) in [4.78, 5) is 41.4. The van der Waals surface area contributed by atoms with E-state index in [2.05, 4.69) is 0 Å². The van der Waals surface area contributed by atoms with Gasteiger partial charge in [-0.2, -0.15) is 0 Å². The first-order valence-electron chi connectivity index (χ1n) is 12.1. The Balaban J connectivity index is 1.69. The second-order valence-electron chi connectivity index (χ2n) is 8.62. The predicted molar refractivity (Wildman–Crippen MR) is 137 cm³/mol. The molecule has 36 heavy (non-hydrogen) atoms. The zero-order chi connectivity index (χ0) is 25.8. The molecule has 0 saturated heterocycles. The van der Waals surface area contributed by atoms with Gasteiger partial charge in [-0.3, -0.25) is 9.59 Å². The van der Waals surface area contributed by atoms with Crippen LogP contribution in [0.3, 0.4) is 0 Å². The number of benzene rings is 2. The van der Waals surface area contributed by atoms with Crippen LogP contribution in [0.4, 0.5) is 0 Å². The molecule has 2 aromatic heterocycles. The van der Waals surface area contributed by atoms with Crippen LogP contribution >= 0.6 is 0 Å². The number of carbonyl (C=O) groups excluding carboxylic acids is 3. The van der Waals surface area contributed by atoms with Crippen LogP contribution in [0.2, 0.25) is 0 Å². The molecular formula is C29H30N2O5. The van der Waals surface area contributed by atoms with Gasteiger partial charge < -0.3 is 18.6 Å². The van der Waals surface area contributed by atoms with Crippen molar-refractivity contribution in [2.24, 2.45) is 0 Å². The van der Waals surface area contributed by atoms with Crippen molar-refractivity contribution in [1.82, 2.24) is 9.47 Å². The second-order valence-corrected chi connectivity index (χ2v) is 8.62. The van der Waals surface area contributed by atoms with Gasteiger partial charge in [0, 0.05) is 23.4 Å². The Labute approximate surface area is 210 Å². The average molecular weight is 487 g/mol. The third kappa shape index (κ3) is 4.82. The minimum absolute atomic E-state index is 0.141. The number of rotatable bonds is 9. The topological polar surface area (TPSA) is 81.8 Å². The summed E-state index contributed by atoms with van der Waals surface area (Å²) >= 11 is 0. The van der Waals surface area contributed by atoms with Gasteiger partial charge in [-0.15, -0.1) is 0 Å². The first kappa shape index (κ1) is 25.0. The normalized spacial score (nSPS) is 11.0. The minimum atomic E-state index is -0.460. The molecule has 0 spiro atoms. The summed E-state index contributed by atoms with van der Waals surface area (Å²) in [7, 11) is 0. The standard InChI is InChI=1S/C29H30N2O5/c1-5-31-20(4)26(19(3)27(31)29(34)35-6-2)25(32)18-30(17-24-12-9-15-36-24)28(33)23-14-13-21-10-7-8-11-22(21)16-23/h7-16H,5-6,17-18H2,1-4H3. The van der Waals surface area contributed by atoms with E-state index in [0.29, 0.717) is 40.4 Å². The summed E-state index contributed by atoms with van der Waals surface area (Å²) in [5, 5.41) is 1.97. The SMILES string of the molecule is CCOC(=O)c1c(C)c(C(=O)CN(Cc2ccco2)C(=O)c2ccc3ccccc3c2)c(C)n1CC. The van der Waals surface area contributed by atoms with Crippen LogP contribution < -0.4 is 0 Å². The first-order valence-corrected chi connectivity index (χ1v) is 12.1. The molecule has 0 aliphatic carbocycles. The largest absolute Gasteiger partial charge is 0.467 e. The maximum Gasteiger partial charge on any atom is 0.355 e. The Hall–Kier alpha value is -4.13. The molecule has 1 amide bonds. The van der Waals surface area contributed by atoms with Gasteiger partial charge in [-0.25, -0.2) is 4.79 Å². The van der Waals surface area contributed by atoms with Crippen LogP contribution in [-0.4, -0.2) is 40.3 Å². The molecule has 0 fully saturated rings. The molecule has 0 radical (unpaired) electrons. The summed E-state index contributed by atoms with van der Waals surface area (Å²) in [6.45, 7) is 7.96. The summed E-state index contributed by atoms with van der Waals surface area (Å²) in [5.74, 6) is -0.410. The number of aromatic nitrogens is 1. The zero-order valence-electron chi connectivity index (χ0n) is 21.0. The Morgan fingerprint density at radius 2 is 1.72 bits per heavy atom. The van der Waals surface area contributed by atoms with Gasteiger partial charge in [0.1, 0.15) is 11.5 Å². The fourth-order valence-corrected chi connectivity index (χ4v) is 4.71. The smallest absolute Gasteiger partial charge is 0.355 e. The van der Waals surface area contributed by atoms with Gasteiger partial charge in [-0.1, -0.05) is 30.3 Å². The molecular weight excluding hydrogens is 456 g/mol. The predicted octanol–water partition coefficient (Wildman–Crippen LogP) is 5.57. The van der Waals surface area contributed by atoms with Crippen molar-refractivity contribution >= 4 is 28.4 Å². The molecule has 0 unspecified atom stereocenters. The monoisotopic (exact) mass is 486 g/mol. The minimum Gasteiger partial charge on any atom is -0.467 e. The van der Waals surface area contributed by atoms with E-state index in [1.807, 2.05) is 50.2 Å². The Morgan fingerprint density at radius 1 is 0.972 bits per heavy atom. The number of hydrogen-bond donors (Lipinski definition) is 0. The van der Waals surface area contributed by atoms with E-state index in [1.165, 1.54) is 11.2 Å². The molecule has 0 saturated carbocycles. The maximum atomic E-state index is 13.6. The lowest BCUT2D eigenvalue weighted by molar-refractivity contribution is 0.0512. The molecule has 2 aromatic carbocycles. The van der Waals surface area contributed by atoms with Crippen LogP contribution in [0.25, 0.3) is 10.8 Å². The molecule has 4 aromatic rings. The van der Waals surface area contributed by atoms with Crippen molar-refractivity contribution in [2.75, 3.05) is 13.2 Å². The van der Waals surface area contributed by atoms with E-state index in [4.69, 9.17) is 9.15 Å². The van der Waals surface area contributed by atoms with Gasteiger partial charge in [-0.05, 0) is 68.3 Å². The van der Waals surface area contributed by atoms with E-state index >= 15 is 0 Å². The number of carbonyl (C=O) groups is 3. The highest BCUT2D eigenvalue weighted by atomic mass is 16.5. The van der Waals surface area contributed by atoms with Gasteiger partial charge in [0.2, 0.25) is 0 Å². The maximum absolute atomic E-state index is 13.6. The van der Waals surface area contributed by atoms with E-state index in [0.717, 1.165) is 10.8 Å². The summed E-state index contributed by atoms with van der Waals surface area (Å²) < 4.78 is 12.5. The molecule has 7 nitrogen and oxygen atoms in total. The number of ether oxygens (including phenoxy) is 1. The molecule has 0 aliphatic rings. The summed E-state index contributed by atoms with van der Waals surface area (Å²) in [6, 6.07) is 16.8. The number of furan rings is 1. The number of amides is 1. The lowest BCUT2D eigenvalue weighted by atomic mass is 10.0. The molecule has 4 rings (SSSR count). The Morgan fingerprint density at radius 3 is 2.39 bits per heavy atom. The lowest BCUT2D eigenvalue weighted by Crippen LogP contribution is -2.35. The van der Waals surface area contributed by atoms with Gasteiger partial charge in [0.05, 0.1) is 26.0 Å². The van der Waals surface area contributed by atoms with Gasteiger partial charge in [0.25, 0.3) is 5.91 Å². The van der Waals surface area contributed by atoms with Crippen molar-refractivity contribution in [3.63, 3.8) is 0 Å². The summed E-state index contributed by atoms with van der Waals surface area (Å²) in [5.41, 5.74) is 2.54. The quantitative estimate of drug-likeness (QED) is 0.228. The van der Waals surface area contributed by atoms with Gasteiger partial charge >= 0.3 is 5.97 Å². The van der Waals surface area contributed by atoms with Crippen LogP contribution in [0.1, 0.15) is 62.1 Å². The average Bonchev–Trinajstić information content (AvgIpc) is 3.47.